The molecule has 2 rings (SSSR count). The molecule has 0 aromatic heterocycles. The van der Waals surface area contributed by atoms with Crippen LogP contribution in [0.4, 0.5) is 0 Å². The zero-order valence-electron chi connectivity index (χ0n) is 12.6. The van der Waals surface area contributed by atoms with Crippen molar-refractivity contribution >= 4 is 12.0 Å². The van der Waals surface area contributed by atoms with Gasteiger partial charge in [-0.05, 0) is 36.0 Å². The van der Waals surface area contributed by atoms with Gasteiger partial charge in [-0.2, -0.15) is 0 Å². The van der Waals surface area contributed by atoms with E-state index in [1.165, 1.54) is 24.8 Å². The fourth-order valence-corrected chi connectivity index (χ4v) is 2.66. The highest BCUT2D eigenvalue weighted by molar-refractivity contribution is 5.91. The van der Waals surface area contributed by atoms with Crippen molar-refractivity contribution in [1.82, 2.24) is 5.32 Å². The summed E-state index contributed by atoms with van der Waals surface area (Å²) in [4.78, 5) is 11.9. The Balaban J connectivity index is 1.86. The van der Waals surface area contributed by atoms with Gasteiger partial charge in [-0.3, -0.25) is 4.79 Å². The monoisotopic (exact) mass is 271 g/mol. The third-order valence-corrected chi connectivity index (χ3v) is 3.98. The first-order chi connectivity index (χ1) is 9.65. The average molecular weight is 271 g/mol. The van der Waals surface area contributed by atoms with Crippen LogP contribution in [0.3, 0.4) is 0 Å². The van der Waals surface area contributed by atoms with Crippen molar-refractivity contribution in [2.75, 3.05) is 0 Å². The molecule has 0 heterocycles. The number of carbonyl (C=O) groups is 1. The molecule has 1 aliphatic carbocycles. The minimum Gasteiger partial charge on any atom is -0.350 e. The predicted octanol–water partition coefficient (Wildman–Crippen LogP) is 4.27. The first kappa shape index (κ1) is 14.8. The van der Waals surface area contributed by atoms with Gasteiger partial charge in [0.05, 0.1) is 0 Å². The van der Waals surface area contributed by atoms with Crippen LogP contribution in [0.25, 0.3) is 6.08 Å². The zero-order valence-corrected chi connectivity index (χ0v) is 12.6. The predicted molar refractivity (Wildman–Crippen MR) is 84.6 cm³/mol. The van der Waals surface area contributed by atoms with Crippen molar-refractivity contribution in [1.29, 1.82) is 0 Å². The van der Waals surface area contributed by atoms with Gasteiger partial charge in [0.2, 0.25) is 5.91 Å². The minimum absolute atomic E-state index is 0.0323. The molecule has 108 valence electrons. The van der Waals surface area contributed by atoms with Crippen molar-refractivity contribution in [2.24, 2.45) is 0 Å². The van der Waals surface area contributed by atoms with Gasteiger partial charge in [0, 0.05) is 12.1 Å². The Labute approximate surface area is 122 Å². The fourth-order valence-electron chi connectivity index (χ4n) is 2.66. The van der Waals surface area contributed by atoms with E-state index in [0.717, 1.165) is 18.4 Å². The molecule has 1 fully saturated rings. The quantitative estimate of drug-likeness (QED) is 0.814. The lowest BCUT2D eigenvalue weighted by atomic mass is 9.95. The standard InChI is InChI=1S/C18H25NO/c1-14(2)16-11-8-15(9-12-16)10-13-18(20)19-17-6-4-3-5-7-17/h8-14,17H,3-7H2,1-2H3,(H,19,20)/b13-10+. The Morgan fingerprint density at radius 1 is 1.15 bits per heavy atom. The van der Waals surface area contributed by atoms with Gasteiger partial charge in [-0.1, -0.05) is 57.4 Å². The Morgan fingerprint density at radius 2 is 1.80 bits per heavy atom. The van der Waals surface area contributed by atoms with E-state index < -0.39 is 0 Å². The highest BCUT2D eigenvalue weighted by atomic mass is 16.1. The molecule has 20 heavy (non-hydrogen) atoms. The lowest BCUT2D eigenvalue weighted by Crippen LogP contribution is -2.34. The van der Waals surface area contributed by atoms with Gasteiger partial charge in [0.25, 0.3) is 0 Å². The highest BCUT2D eigenvalue weighted by Crippen LogP contribution is 2.17. The molecular weight excluding hydrogens is 246 g/mol. The first-order valence-corrected chi connectivity index (χ1v) is 7.73. The molecule has 1 N–H and O–H groups in total. The number of hydrogen-bond donors (Lipinski definition) is 1. The third-order valence-electron chi connectivity index (χ3n) is 3.98. The minimum atomic E-state index is 0.0323. The molecule has 1 saturated carbocycles. The second-order valence-corrected chi connectivity index (χ2v) is 6.00. The van der Waals surface area contributed by atoms with Crippen molar-refractivity contribution in [3.63, 3.8) is 0 Å². The normalized spacial score (nSPS) is 16.8. The zero-order chi connectivity index (χ0) is 14.4. The van der Waals surface area contributed by atoms with Crippen LogP contribution in [0.5, 0.6) is 0 Å². The summed E-state index contributed by atoms with van der Waals surface area (Å²) in [6.07, 6.45) is 9.59. The van der Waals surface area contributed by atoms with E-state index in [9.17, 15) is 4.79 Å². The molecule has 1 amide bonds. The maximum Gasteiger partial charge on any atom is 0.244 e. The van der Waals surface area contributed by atoms with Gasteiger partial charge in [0.1, 0.15) is 0 Å². The molecule has 0 unspecified atom stereocenters. The van der Waals surface area contributed by atoms with Gasteiger partial charge in [-0.15, -0.1) is 0 Å². The van der Waals surface area contributed by atoms with Gasteiger partial charge >= 0.3 is 0 Å². The number of benzene rings is 1. The van der Waals surface area contributed by atoms with Crippen LogP contribution in [0.1, 0.15) is 63.0 Å². The Kier molecular flexibility index (Phi) is 5.40. The summed E-state index contributed by atoms with van der Waals surface area (Å²) in [5, 5.41) is 3.09. The second-order valence-electron chi connectivity index (χ2n) is 6.00. The fraction of sp³-hybridized carbons (Fsp3) is 0.500. The number of carbonyl (C=O) groups excluding carboxylic acids is 1. The first-order valence-electron chi connectivity index (χ1n) is 7.73. The van der Waals surface area contributed by atoms with Crippen LogP contribution in [-0.4, -0.2) is 11.9 Å². The van der Waals surface area contributed by atoms with Crippen LogP contribution in [0.15, 0.2) is 30.3 Å². The van der Waals surface area contributed by atoms with Gasteiger partial charge in [-0.25, -0.2) is 0 Å². The van der Waals surface area contributed by atoms with Crippen molar-refractivity contribution in [3.05, 3.63) is 41.5 Å². The SMILES string of the molecule is CC(C)c1ccc(/C=C/C(=O)NC2CCCCC2)cc1. The van der Waals surface area contributed by atoms with Crippen LogP contribution >= 0.6 is 0 Å². The van der Waals surface area contributed by atoms with Crippen LogP contribution < -0.4 is 5.32 Å². The Hall–Kier alpha value is -1.57. The molecule has 0 aliphatic heterocycles. The average Bonchev–Trinajstić information content (AvgIpc) is 2.46. The smallest absolute Gasteiger partial charge is 0.244 e. The van der Waals surface area contributed by atoms with Crippen LogP contribution in [0.2, 0.25) is 0 Å². The summed E-state index contributed by atoms with van der Waals surface area (Å²) in [5.74, 6) is 0.576. The third kappa shape index (κ3) is 4.52. The van der Waals surface area contributed by atoms with Gasteiger partial charge < -0.3 is 5.32 Å². The van der Waals surface area contributed by atoms with E-state index >= 15 is 0 Å². The number of amides is 1. The van der Waals surface area contributed by atoms with Gasteiger partial charge in [0.15, 0.2) is 0 Å². The summed E-state index contributed by atoms with van der Waals surface area (Å²) in [6, 6.07) is 8.77. The van der Waals surface area contributed by atoms with E-state index in [-0.39, 0.29) is 5.91 Å². The van der Waals surface area contributed by atoms with Crippen molar-refractivity contribution in [3.8, 4) is 0 Å². The summed E-state index contributed by atoms with van der Waals surface area (Å²) < 4.78 is 0. The number of nitrogens with one attached hydrogen (secondary N) is 1. The number of rotatable bonds is 4. The molecule has 1 aromatic carbocycles. The van der Waals surface area contributed by atoms with Crippen molar-refractivity contribution in [2.45, 2.75) is 57.9 Å². The maximum atomic E-state index is 11.9. The van der Waals surface area contributed by atoms with Crippen LogP contribution in [0, 0.1) is 0 Å². The van der Waals surface area contributed by atoms with E-state index in [1.807, 2.05) is 6.08 Å². The maximum absolute atomic E-state index is 11.9. The van der Waals surface area contributed by atoms with E-state index in [2.05, 4.69) is 43.4 Å². The topological polar surface area (TPSA) is 29.1 Å². The Morgan fingerprint density at radius 3 is 2.40 bits per heavy atom. The molecule has 0 bridgehead atoms. The highest BCUT2D eigenvalue weighted by Gasteiger charge is 2.13. The van der Waals surface area contributed by atoms with E-state index in [0.29, 0.717) is 12.0 Å². The number of hydrogen-bond acceptors (Lipinski definition) is 1. The molecule has 2 nitrogen and oxygen atoms in total. The molecular formula is C18H25NO. The molecule has 0 atom stereocenters. The summed E-state index contributed by atoms with van der Waals surface area (Å²) in [5.41, 5.74) is 2.40. The molecule has 1 aliphatic rings. The lowest BCUT2D eigenvalue weighted by Gasteiger charge is -2.21. The second kappa shape index (κ2) is 7.28. The summed E-state index contributed by atoms with van der Waals surface area (Å²) in [7, 11) is 0. The summed E-state index contributed by atoms with van der Waals surface area (Å²) >= 11 is 0. The molecule has 0 radical (unpaired) electrons. The molecule has 0 saturated heterocycles. The Bertz CT molecular complexity index is 453. The van der Waals surface area contributed by atoms with E-state index in [1.54, 1.807) is 6.08 Å². The molecule has 2 heteroatoms. The van der Waals surface area contributed by atoms with Crippen molar-refractivity contribution < 1.29 is 4.79 Å². The van der Waals surface area contributed by atoms with E-state index in [4.69, 9.17) is 0 Å². The lowest BCUT2D eigenvalue weighted by molar-refractivity contribution is -0.117. The summed E-state index contributed by atoms with van der Waals surface area (Å²) in [6.45, 7) is 4.37. The molecule has 1 aromatic rings. The largest absolute Gasteiger partial charge is 0.350 e. The molecule has 0 spiro atoms. The van der Waals surface area contributed by atoms with Crippen LogP contribution in [-0.2, 0) is 4.79 Å².